The number of nitrogens with zero attached hydrogens (tertiary/aromatic N) is 1. The number of H-pyrrole nitrogens is 1. The lowest BCUT2D eigenvalue weighted by atomic mass is 10.1. The van der Waals surface area contributed by atoms with E-state index in [-0.39, 0.29) is 11.4 Å². The number of alkyl halides is 1. The number of halogens is 1. The second-order valence-electron chi connectivity index (χ2n) is 4.07. The minimum atomic E-state index is -0.567. The number of aliphatic hydroxyl groups excluding tert-OH is 1. The first-order valence-electron chi connectivity index (χ1n) is 5.83. The van der Waals surface area contributed by atoms with E-state index in [2.05, 4.69) is 15.5 Å². The number of nitrogens with one attached hydrogen (secondary N) is 2. The molecule has 0 spiro atoms. The summed E-state index contributed by atoms with van der Waals surface area (Å²) in [5.41, 5.74) is 2.26. The van der Waals surface area contributed by atoms with Crippen molar-refractivity contribution in [1.82, 2.24) is 10.2 Å². The normalized spacial score (nSPS) is 12.1. The summed E-state index contributed by atoms with van der Waals surface area (Å²) in [6.07, 6.45) is -0.567. The van der Waals surface area contributed by atoms with Crippen molar-refractivity contribution >= 4 is 17.3 Å². The van der Waals surface area contributed by atoms with Gasteiger partial charge in [0.05, 0.1) is 17.7 Å². The van der Waals surface area contributed by atoms with E-state index < -0.39 is 6.10 Å². The summed E-state index contributed by atoms with van der Waals surface area (Å²) in [6.45, 7) is 0.403. The first-order valence-corrected chi connectivity index (χ1v) is 6.36. The number of anilines is 1. The fourth-order valence-electron chi connectivity index (χ4n) is 1.55. The molecule has 0 aliphatic carbocycles. The van der Waals surface area contributed by atoms with Crippen molar-refractivity contribution in [3.8, 4) is 11.3 Å². The fraction of sp³-hybridized carbons (Fsp3) is 0.231. The van der Waals surface area contributed by atoms with E-state index in [1.54, 1.807) is 6.07 Å². The number of hydrogen-bond donors (Lipinski definition) is 3. The molecule has 1 aromatic heterocycles. The molecule has 2 rings (SSSR count). The van der Waals surface area contributed by atoms with Crippen LogP contribution in [0.5, 0.6) is 0 Å². The molecule has 0 bridgehead atoms. The summed E-state index contributed by atoms with van der Waals surface area (Å²) >= 11 is 5.51. The molecule has 0 aliphatic heterocycles. The summed E-state index contributed by atoms with van der Waals surface area (Å²) in [5.74, 6) is 0.201. The van der Waals surface area contributed by atoms with Gasteiger partial charge in [0.2, 0.25) is 0 Å². The van der Waals surface area contributed by atoms with Crippen LogP contribution in [0.15, 0.2) is 41.2 Å². The largest absolute Gasteiger partial charge is 0.390 e. The predicted molar refractivity (Wildman–Crippen MR) is 75.5 cm³/mol. The van der Waals surface area contributed by atoms with Crippen LogP contribution < -0.4 is 10.9 Å². The van der Waals surface area contributed by atoms with Gasteiger partial charge in [0.15, 0.2) is 0 Å². The van der Waals surface area contributed by atoms with Gasteiger partial charge in [-0.05, 0) is 18.2 Å². The van der Waals surface area contributed by atoms with Gasteiger partial charge >= 0.3 is 0 Å². The number of hydrogen-bond acceptors (Lipinski definition) is 4. The molecule has 0 radical (unpaired) electrons. The molecule has 0 amide bonds. The van der Waals surface area contributed by atoms with E-state index in [1.807, 2.05) is 24.3 Å². The summed E-state index contributed by atoms with van der Waals surface area (Å²) in [6, 6.07) is 10.6. The maximum absolute atomic E-state index is 10.9. The third kappa shape index (κ3) is 3.81. The molecule has 100 valence electrons. The third-order valence-corrected chi connectivity index (χ3v) is 2.94. The quantitative estimate of drug-likeness (QED) is 0.724. The van der Waals surface area contributed by atoms with Gasteiger partial charge in [-0.25, -0.2) is 5.10 Å². The van der Waals surface area contributed by atoms with Gasteiger partial charge in [-0.2, -0.15) is 5.10 Å². The molecule has 1 heterocycles. The molecule has 1 atom stereocenters. The highest BCUT2D eigenvalue weighted by atomic mass is 35.5. The van der Waals surface area contributed by atoms with E-state index in [9.17, 15) is 9.90 Å². The van der Waals surface area contributed by atoms with Gasteiger partial charge in [-0.3, -0.25) is 4.79 Å². The van der Waals surface area contributed by atoms with Gasteiger partial charge in [-0.15, -0.1) is 11.6 Å². The smallest absolute Gasteiger partial charge is 0.264 e. The van der Waals surface area contributed by atoms with E-state index in [4.69, 9.17) is 11.6 Å². The van der Waals surface area contributed by atoms with Crippen molar-refractivity contribution < 1.29 is 5.11 Å². The molecule has 0 fully saturated rings. The van der Waals surface area contributed by atoms with Crippen LogP contribution >= 0.6 is 11.6 Å². The average Bonchev–Trinajstić information content (AvgIpc) is 2.46. The Bertz CT molecular complexity index is 563. The van der Waals surface area contributed by atoms with Crippen molar-refractivity contribution in [3.05, 3.63) is 46.8 Å². The fourth-order valence-corrected chi connectivity index (χ4v) is 1.66. The first kappa shape index (κ1) is 13.6. The standard InChI is InChI=1S/C13H14ClN3O2/c14-7-11(18)8-15-10-3-1-9(2-4-10)12-5-6-13(19)17-16-12/h1-6,11,15,18H,7-8H2,(H,17,19). The molecule has 3 N–H and O–H groups in total. The van der Waals surface area contributed by atoms with Gasteiger partial charge in [0.1, 0.15) is 0 Å². The third-order valence-electron chi connectivity index (χ3n) is 2.58. The molecule has 0 aliphatic rings. The molecular weight excluding hydrogens is 266 g/mol. The zero-order valence-corrected chi connectivity index (χ0v) is 10.9. The number of aromatic nitrogens is 2. The molecule has 19 heavy (non-hydrogen) atoms. The van der Waals surface area contributed by atoms with Crippen molar-refractivity contribution in [2.45, 2.75) is 6.10 Å². The minimum Gasteiger partial charge on any atom is -0.390 e. The van der Waals surface area contributed by atoms with Gasteiger partial charge < -0.3 is 10.4 Å². The molecule has 5 nitrogen and oxygen atoms in total. The lowest BCUT2D eigenvalue weighted by Crippen LogP contribution is -2.20. The zero-order chi connectivity index (χ0) is 13.7. The van der Waals surface area contributed by atoms with Crippen LogP contribution in [0, 0.1) is 0 Å². The van der Waals surface area contributed by atoms with Crippen LogP contribution in [0.1, 0.15) is 0 Å². The summed E-state index contributed by atoms with van der Waals surface area (Å²) in [7, 11) is 0. The van der Waals surface area contributed by atoms with Crippen LogP contribution in [0.4, 0.5) is 5.69 Å². The Labute approximate surface area is 115 Å². The highest BCUT2D eigenvalue weighted by Gasteiger charge is 2.02. The number of benzene rings is 1. The Hall–Kier alpha value is -1.85. The van der Waals surface area contributed by atoms with Crippen LogP contribution in [0.3, 0.4) is 0 Å². The Kier molecular flexibility index (Phi) is 4.54. The Morgan fingerprint density at radius 3 is 2.58 bits per heavy atom. The minimum absolute atomic E-state index is 0.201. The SMILES string of the molecule is O=c1ccc(-c2ccc(NCC(O)CCl)cc2)n[nH]1. The highest BCUT2D eigenvalue weighted by molar-refractivity contribution is 6.18. The number of rotatable bonds is 5. The van der Waals surface area contributed by atoms with E-state index in [0.717, 1.165) is 11.3 Å². The maximum atomic E-state index is 10.9. The van der Waals surface area contributed by atoms with Crippen molar-refractivity contribution in [2.75, 3.05) is 17.7 Å². The second-order valence-corrected chi connectivity index (χ2v) is 4.38. The first-order chi connectivity index (χ1) is 9.19. The van der Waals surface area contributed by atoms with Crippen molar-refractivity contribution in [2.24, 2.45) is 0 Å². The molecule has 2 aromatic rings. The van der Waals surface area contributed by atoms with Crippen LogP contribution in [-0.4, -0.2) is 33.8 Å². The van der Waals surface area contributed by atoms with E-state index in [0.29, 0.717) is 12.2 Å². The predicted octanol–water partition coefficient (Wildman–Crippen LogP) is 1.45. The van der Waals surface area contributed by atoms with Crippen LogP contribution in [-0.2, 0) is 0 Å². The molecular formula is C13H14ClN3O2. The lowest BCUT2D eigenvalue weighted by Gasteiger charge is -2.10. The summed E-state index contributed by atoms with van der Waals surface area (Å²) in [4.78, 5) is 10.9. The molecule has 6 heteroatoms. The van der Waals surface area contributed by atoms with Crippen molar-refractivity contribution in [3.63, 3.8) is 0 Å². The maximum Gasteiger partial charge on any atom is 0.264 e. The molecule has 1 unspecified atom stereocenters. The zero-order valence-electron chi connectivity index (χ0n) is 10.1. The second kappa shape index (κ2) is 6.36. The van der Waals surface area contributed by atoms with E-state index >= 15 is 0 Å². The van der Waals surface area contributed by atoms with Gasteiger partial charge in [0, 0.05) is 23.9 Å². The monoisotopic (exact) mass is 279 g/mol. The average molecular weight is 280 g/mol. The topological polar surface area (TPSA) is 78.0 Å². The summed E-state index contributed by atoms with van der Waals surface area (Å²) in [5, 5.41) is 18.8. The number of aliphatic hydroxyl groups is 1. The lowest BCUT2D eigenvalue weighted by molar-refractivity contribution is 0.211. The number of aromatic amines is 1. The Morgan fingerprint density at radius 2 is 2.00 bits per heavy atom. The molecule has 0 saturated carbocycles. The highest BCUT2D eigenvalue weighted by Crippen LogP contribution is 2.18. The Balaban J connectivity index is 2.06. The molecule has 0 saturated heterocycles. The molecule has 1 aromatic carbocycles. The van der Waals surface area contributed by atoms with Crippen LogP contribution in [0.25, 0.3) is 11.3 Å². The van der Waals surface area contributed by atoms with Gasteiger partial charge in [0.25, 0.3) is 5.56 Å². The van der Waals surface area contributed by atoms with Crippen molar-refractivity contribution in [1.29, 1.82) is 0 Å². The van der Waals surface area contributed by atoms with Crippen LogP contribution in [0.2, 0.25) is 0 Å². The summed E-state index contributed by atoms with van der Waals surface area (Å²) < 4.78 is 0. The van der Waals surface area contributed by atoms with E-state index in [1.165, 1.54) is 6.07 Å². The Morgan fingerprint density at radius 1 is 1.26 bits per heavy atom. The van der Waals surface area contributed by atoms with Gasteiger partial charge in [-0.1, -0.05) is 12.1 Å².